The van der Waals surface area contributed by atoms with E-state index in [4.69, 9.17) is 0 Å². The molecule has 8 nitrogen and oxygen atoms in total. The molecule has 0 spiro atoms. The third kappa shape index (κ3) is 4.55. The van der Waals surface area contributed by atoms with Crippen LogP contribution in [0.3, 0.4) is 0 Å². The Morgan fingerprint density at radius 3 is 2.52 bits per heavy atom. The highest BCUT2D eigenvalue weighted by molar-refractivity contribution is 5.83. The smallest absolute Gasteiger partial charge is 0.277 e. The summed E-state index contributed by atoms with van der Waals surface area (Å²) in [6.07, 6.45) is 0.0101. The van der Waals surface area contributed by atoms with E-state index in [1.807, 2.05) is 6.07 Å². The van der Waals surface area contributed by atoms with Gasteiger partial charge >= 0.3 is 0 Å². The van der Waals surface area contributed by atoms with E-state index in [9.17, 15) is 19.5 Å². The Morgan fingerprint density at radius 2 is 1.78 bits per heavy atom. The molecule has 1 atom stereocenters. The van der Waals surface area contributed by atoms with Crippen molar-refractivity contribution in [2.45, 2.75) is 25.4 Å². The normalized spacial score (nSPS) is 11.9. The second-order valence-corrected chi connectivity index (χ2v) is 6.01. The van der Waals surface area contributed by atoms with Crippen LogP contribution in [-0.4, -0.2) is 32.9 Å². The molecule has 138 valence electrons. The van der Waals surface area contributed by atoms with E-state index in [1.165, 1.54) is 0 Å². The van der Waals surface area contributed by atoms with Crippen molar-refractivity contribution in [1.29, 1.82) is 0 Å². The van der Waals surface area contributed by atoms with Crippen LogP contribution in [0.1, 0.15) is 12.0 Å². The number of aliphatic carboxylic acids is 1. The van der Waals surface area contributed by atoms with Gasteiger partial charge in [-0.1, -0.05) is 47.7 Å². The molecule has 2 aromatic carbocycles. The van der Waals surface area contributed by atoms with Gasteiger partial charge < -0.3 is 15.2 Å². The van der Waals surface area contributed by atoms with E-state index in [2.05, 4.69) is 15.6 Å². The molecule has 27 heavy (non-hydrogen) atoms. The Morgan fingerprint density at radius 1 is 1.07 bits per heavy atom. The van der Waals surface area contributed by atoms with Gasteiger partial charge in [0.1, 0.15) is 5.52 Å². The number of carbonyl (C=O) groups excluding carboxylic acids is 2. The number of nitrogens with zero attached hydrogens (tertiary/aromatic N) is 3. The number of fused-ring (bicyclic) bond motifs is 1. The van der Waals surface area contributed by atoms with E-state index in [1.54, 1.807) is 48.5 Å². The zero-order valence-corrected chi connectivity index (χ0v) is 14.4. The van der Waals surface area contributed by atoms with E-state index in [0.717, 1.165) is 10.2 Å². The molecule has 1 N–H and O–H groups in total. The first-order valence-electron chi connectivity index (χ1n) is 8.41. The molecular formula is C19H17N4O4-. The fraction of sp³-hybridized carbons (Fsp3) is 0.211. The van der Waals surface area contributed by atoms with Crippen molar-refractivity contribution < 1.29 is 14.7 Å². The molecule has 1 aromatic heterocycles. The molecule has 3 aromatic rings. The second kappa shape index (κ2) is 8.22. The van der Waals surface area contributed by atoms with Gasteiger partial charge in [-0.25, -0.2) is 4.68 Å². The van der Waals surface area contributed by atoms with Crippen molar-refractivity contribution >= 4 is 22.8 Å². The predicted molar refractivity (Wildman–Crippen MR) is 95.5 cm³/mol. The number of hydrogen-bond donors (Lipinski definition) is 1. The van der Waals surface area contributed by atoms with Gasteiger partial charge in [-0.2, -0.15) is 0 Å². The van der Waals surface area contributed by atoms with E-state index in [0.29, 0.717) is 10.9 Å². The molecule has 0 bridgehead atoms. The Labute approximate surface area is 154 Å². The summed E-state index contributed by atoms with van der Waals surface area (Å²) in [5.74, 6) is -1.88. The first-order chi connectivity index (χ1) is 13.0. The third-order valence-corrected chi connectivity index (χ3v) is 4.08. The van der Waals surface area contributed by atoms with Crippen LogP contribution >= 0.6 is 0 Å². The quantitative estimate of drug-likeness (QED) is 0.612. The van der Waals surface area contributed by atoms with Crippen LogP contribution in [0, 0.1) is 0 Å². The molecule has 0 radical (unpaired) electrons. The zero-order chi connectivity index (χ0) is 19.2. The maximum absolute atomic E-state index is 12.3. The molecule has 8 heteroatoms. The van der Waals surface area contributed by atoms with Gasteiger partial charge in [-0.05, 0) is 24.1 Å². The first-order valence-corrected chi connectivity index (χ1v) is 8.41. The molecule has 0 saturated carbocycles. The van der Waals surface area contributed by atoms with Crippen LogP contribution < -0.4 is 16.0 Å². The molecule has 0 fully saturated rings. The molecular weight excluding hydrogens is 348 g/mol. The average Bonchev–Trinajstić information content (AvgIpc) is 2.68. The van der Waals surface area contributed by atoms with E-state index in [-0.39, 0.29) is 24.9 Å². The zero-order valence-electron chi connectivity index (χ0n) is 14.4. The van der Waals surface area contributed by atoms with Gasteiger partial charge in [-0.3, -0.25) is 9.59 Å². The van der Waals surface area contributed by atoms with Crippen LogP contribution in [0.25, 0.3) is 10.9 Å². The third-order valence-electron chi connectivity index (χ3n) is 4.08. The number of nitrogens with one attached hydrogen (secondary N) is 1. The number of aryl methyl sites for hydroxylation is 1. The van der Waals surface area contributed by atoms with Gasteiger partial charge in [0.15, 0.2) is 0 Å². The summed E-state index contributed by atoms with van der Waals surface area (Å²) in [7, 11) is 0. The number of rotatable bonds is 7. The highest BCUT2D eigenvalue weighted by Gasteiger charge is 2.15. The molecule has 0 aliphatic heterocycles. The Hall–Kier alpha value is -3.55. The summed E-state index contributed by atoms with van der Waals surface area (Å²) in [5, 5.41) is 21.9. The summed E-state index contributed by atoms with van der Waals surface area (Å²) in [6, 6.07) is 14.6. The molecule has 0 aliphatic carbocycles. The number of carbonyl (C=O) groups is 2. The molecule has 0 saturated heterocycles. The van der Waals surface area contributed by atoms with Crippen molar-refractivity contribution in [3.05, 3.63) is 70.5 Å². The number of benzene rings is 2. The Balaban J connectivity index is 1.64. The SMILES string of the molecule is O=C(CCn1nnc2ccccc2c1=O)N[C@@H](Cc1ccccc1)C(=O)[O-]. The first kappa shape index (κ1) is 18.2. The highest BCUT2D eigenvalue weighted by atomic mass is 16.4. The van der Waals surface area contributed by atoms with Gasteiger partial charge in [0.05, 0.1) is 23.9 Å². The van der Waals surface area contributed by atoms with Crippen molar-refractivity contribution in [2.24, 2.45) is 0 Å². The molecule has 0 unspecified atom stereocenters. The largest absolute Gasteiger partial charge is 0.548 e. The van der Waals surface area contributed by atoms with Crippen molar-refractivity contribution in [1.82, 2.24) is 20.3 Å². The van der Waals surface area contributed by atoms with Gasteiger partial charge in [0.25, 0.3) is 5.56 Å². The Kier molecular flexibility index (Phi) is 5.55. The maximum Gasteiger partial charge on any atom is 0.277 e. The van der Waals surface area contributed by atoms with Crippen LogP contribution in [0.15, 0.2) is 59.4 Å². The number of aromatic nitrogens is 3. The summed E-state index contributed by atoms with van der Waals surface area (Å²) in [5.41, 5.74) is 0.890. The number of carboxylic acids is 1. The van der Waals surface area contributed by atoms with Crippen LogP contribution in [0.4, 0.5) is 0 Å². The van der Waals surface area contributed by atoms with Crippen molar-refractivity contribution in [3.8, 4) is 0 Å². The van der Waals surface area contributed by atoms with Crippen molar-refractivity contribution in [3.63, 3.8) is 0 Å². The van der Waals surface area contributed by atoms with Crippen LogP contribution in [0.2, 0.25) is 0 Å². The second-order valence-electron chi connectivity index (χ2n) is 6.01. The predicted octanol–water partition coefficient (Wildman–Crippen LogP) is -0.341. The average molecular weight is 365 g/mol. The minimum Gasteiger partial charge on any atom is -0.548 e. The number of hydrogen-bond acceptors (Lipinski definition) is 6. The Bertz CT molecular complexity index is 1020. The lowest BCUT2D eigenvalue weighted by molar-refractivity contribution is -0.308. The van der Waals surface area contributed by atoms with Crippen LogP contribution in [-0.2, 0) is 22.6 Å². The van der Waals surface area contributed by atoms with Crippen molar-refractivity contribution in [2.75, 3.05) is 0 Å². The summed E-state index contributed by atoms with van der Waals surface area (Å²) < 4.78 is 1.09. The number of amides is 1. The fourth-order valence-corrected chi connectivity index (χ4v) is 2.69. The van der Waals surface area contributed by atoms with Gasteiger partial charge in [-0.15, -0.1) is 5.10 Å². The minimum absolute atomic E-state index is 0.00634. The van der Waals surface area contributed by atoms with Gasteiger partial charge in [0.2, 0.25) is 5.91 Å². The highest BCUT2D eigenvalue weighted by Crippen LogP contribution is 2.05. The number of carboxylic acid groups (broad SMARTS) is 1. The topological polar surface area (TPSA) is 117 Å². The lowest BCUT2D eigenvalue weighted by atomic mass is 10.1. The molecule has 0 aliphatic rings. The fourth-order valence-electron chi connectivity index (χ4n) is 2.69. The standard InChI is InChI=1S/C19H18N4O4/c24-17(20-16(19(26)27)12-13-6-2-1-3-7-13)10-11-23-18(25)14-8-4-5-9-15(14)21-22-23/h1-9,16H,10-12H2,(H,20,24)(H,26,27)/p-1/t16-/m0/s1. The maximum atomic E-state index is 12.3. The summed E-state index contributed by atoms with van der Waals surface area (Å²) in [4.78, 5) is 35.8. The minimum atomic E-state index is -1.37. The van der Waals surface area contributed by atoms with E-state index < -0.39 is 17.9 Å². The van der Waals surface area contributed by atoms with Crippen LogP contribution in [0.5, 0.6) is 0 Å². The lowest BCUT2D eigenvalue weighted by Gasteiger charge is -2.20. The lowest BCUT2D eigenvalue weighted by Crippen LogP contribution is -2.49. The summed E-state index contributed by atoms with van der Waals surface area (Å²) in [6.45, 7) is -0.00634. The molecule has 3 rings (SSSR count). The van der Waals surface area contributed by atoms with E-state index >= 15 is 0 Å². The monoisotopic (exact) mass is 365 g/mol. The molecule has 1 amide bonds. The molecule has 1 heterocycles. The van der Waals surface area contributed by atoms with Gasteiger partial charge in [0, 0.05) is 6.42 Å². The summed E-state index contributed by atoms with van der Waals surface area (Å²) >= 11 is 0.